The van der Waals surface area contributed by atoms with Gasteiger partial charge in [0, 0.05) is 43.8 Å². The first-order valence-electron chi connectivity index (χ1n) is 9.29. The zero-order valence-corrected chi connectivity index (χ0v) is 17.0. The van der Waals surface area contributed by atoms with Crippen LogP contribution in [0.3, 0.4) is 0 Å². The molecule has 1 saturated heterocycles. The van der Waals surface area contributed by atoms with Crippen LogP contribution >= 0.6 is 11.6 Å². The molecule has 3 rings (SSSR count). The lowest BCUT2D eigenvalue weighted by Gasteiger charge is -2.34. The number of nitrogens with zero attached hydrogens (tertiary/aromatic N) is 2. The minimum atomic E-state index is -0.0528. The molecule has 1 N–H and O–H groups in total. The molecule has 0 atom stereocenters. The van der Waals surface area contributed by atoms with Crippen molar-refractivity contribution in [2.24, 2.45) is 0 Å². The van der Waals surface area contributed by atoms with Crippen molar-refractivity contribution in [1.82, 2.24) is 9.80 Å². The van der Waals surface area contributed by atoms with Gasteiger partial charge in [-0.3, -0.25) is 14.6 Å². The Morgan fingerprint density at radius 1 is 1.04 bits per heavy atom. The first-order chi connectivity index (χ1) is 13.6. The Labute approximate surface area is 171 Å². The number of carbonyl (C=O) groups is 1. The number of piperazine rings is 1. The number of rotatable bonds is 7. The summed E-state index contributed by atoms with van der Waals surface area (Å²) < 4.78 is 10.5. The van der Waals surface area contributed by atoms with Crippen molar-refractivity contribution < 1.29 is 14.3 Å². The Bertz CT molecular complexity index is 807. The third-order valence-electron chi connectivity index (χ3n) is 4.87. The predicted octanol–water partition coefficient (Wildman–Crippen LogP) is 3.11. The number of hydrogen-bond donors (Lipinski definition) is 1. The lowest BCUT2D eigenvalue weighted by molar-refractivity contribution is -0.117. The maximum atomic E-state index is 12.4. The molecular weight excluding hydrogens is 378 g/mol. The van der Waals surface area contributed by atoms with Gasteiger partial charge in [-0.25, -0.2) is 0 Å². The van der Waals surface area contributed by atoms with Crippen molar-refractivity contribution in [3.05, 3.63) is 53.1 Å². The fourth-order valence-electron chi connectivity index (χ4n) is 3.27. The van der Waals surface area contributed by atoms with Gasteiger partial charge >= 0.3 is 0 Å². The smallest absolute Gasteiger partial charge is 0.238 e. The molecule has 1 amide bonds. The van der Waals surface area contributed by atoms with Crippen molar-refractivity contribution in [2.75, 3.05) is 52.3 Å². The topological polar surface area (TPSA) is 54.0 Å². The zero-order chi connectivity index (χ0) is 19.9. The van der Waals surface area contributed by atoms with E-state index in [0.717, 1.165) is 43.3 Å². The van der Waals surface area contributed by atoms with E-state index in [4.69, 9.17) is 21.1 Å². The number of amides is 1. The summed E-state index contributed by atoms with van der Waals surface area (Å²) in [6.45, 7) is 4.70. The Balaban J connectivity index is 1.48. The summed E-state index contributed by atoms with van der Waals surface area (Å²) in [5, 5.41) is 3.73. The van der Waals surface area contributed by atoms with E-state index < -0.39 is 0 Å². The van der Waals surface area contributed by atoms with Gasteiger partial charge in [0.2, 0.25) is 5.91 Å². The fourth-order valence-corrected chi connectivity index (χ4v) is 3.46. The van der Waals surface area contributed by atoms with Crippen molar-refractivity contribution in [1.29, 1.82) is 0 Å². The maximum Gasteiger partial charge on any atom is 0.238 e. The predicted molar refractivity (Wildman–Crippen MR) is 111 cm³/mol. The van der Waals surface area contributed by atoms with Crippen molar-refractivity contribution in [3.63, 3.8) is 0 Å². The molecule has 1 heterocycles. The number of anilines is 1. The SMILES string of the molecule is COc1ccc(NC(=O)CN2CCN(Cc3ccccc3Cl)CC2)c(OC)c1. The molecule has 0 saturated carbocycles. The molecule has 0 radical (unpaired) electrons. The maximum absolute atomic E-state index is 12.4. The van der Waals surface area contributed by atoms with Crippen LogP contribution < -0.4 is 14.8 Å². The van der Waals surface area contributed by atoms with Gasteiger partial charge in [0.05, 0.1) is 26.5 Å². The highest BCUT2D eigenvalue weighted by atomic mass is 35.5. The number of benzene rings is 2. The van der Waals surface area contributed by atoms with Gasteiger partial charge < -0.3 is 14.8 Å². The molecular formula is C21H26ClN3O3. The summed E-state index contributed by atoms with van der Waals surface area (Å²) in [5.74, 6) is 1.21. The van der Waals surface area contributed by atoms with Crippen LogP contribution in [0.25, 0.3) is 0 Å². The van der Waals surface area contributed by atoms with Crippen LogP contribution in [0.5, 0.6) is 11.5 Å². The van der Waals surface area contributed by atoms with E-state index in [1.165, 1.54) is 0 Å². The van der Waals surface area contributed by atoms with Crippen molar-refractivity contribution >= 4 is 23.2 Å². The fraction of sp³-hybridized carbons (Fsp3) is 0.381. The lowest BCUT2D eigenvalue weighted by atomic mass is 10.2. The minimum Gasteiger partial charge on any atom is -0.497 e. The minimum absolute atomic E-state index is 0.0528. The molecule has 28 heavy (non-hydrogen) atoms. The van der Waals surface area contributed by atoms with Crippen LogP contribution in [0, 0.1) is 0 Å². The van der Waals surface area contributed by atoms with Crippen LogP contribution in [0.15, 0.2) is 42.5 Å². The highest BCUT2D eigenvalue weighted by Gasteiger charge is 2.20. The molecule has 0 aliphatic carbocycles. The van der Waals surface area contributed by atoms with E-state index in [2.05, 4.69) is 21.2 Å². The third-order valence-corrected chi connectivity index (χ3v) is 5.24. The highest BCUT2D eigenvalue weighted by Crippen LogP contribution is 2.29. The van der Waals surface area contributed by atoms with E-state index in [1.807, 2.05) is 18.2 Å². The number of carbonyl (C=O) groups excluding carboxylic acids is 1. The lowest BCUT2D eigenvalue weighted by Crippen LogP contribution is -2.48. The second kappa shape index (κ2) is 9.78. The molecule has 2 aromatic carbocycles. The van der Waals surface area contributed by atoms with E-state index >= 15 is 0 Å². The number of ether oxygens (including phenoxy) is 2. The molecule has 1 aliphatic rings. The summed E-state index contributed by atoms with van der Waals surface area (Å²) >= 11 is 6.25. The zero-order valence-electron chi connectivity index (χ0n) is 16.3. The van der Waals surface area contributed by atoms with Gasteiger partial charge in [-0.1, -0.05) is 29.8 Å². The van der Waals surface area contributed by atoms with Gasteiger partial charge in [-0.2, -0.15) is 0 Å². The Morgan fingerprint density at radius 2 is 1.75 bits per heavy atom. The molecule has 0 unspecified atom stereocenters. The molecule has 0 bridgehead atoms. The van der Waals surface area contributed by atoms with Gasteiger partial charge in [-0.05, 0) is 23.8 Å². The first kappa shape index (κ1) is 20.5. The van der Waals surface area contributed by atoms with E-state index in [0.29, 0.717) is 23.7 Å². The number of methoxy groups -OCH3 is 2. The second-order valence-electron chi connectivity index (χ2n) is 6.76. The summed E-state index contributed by atoms with van der Waals surface area (Å²) in [7, 11) is 3.17. The normalized spacial score (nSPS) is 15.2. The van der Waals surface area contributed by atoms with Gasteiger partial charge in [0.1, 0.15) is 11.5 Å². The molecule has 2 aromatic rings. The van der Waals surface area contributed by atoms with Crippen LogP contribution in [0.1, 0.15) is 5.56 Å². The molecule has 6 nitrogen and oxygen atoms in total. The Morgan fingerprint density at radius 3 is 2.43 bits per heavy atom. The summed E-state index contributed by atoms with van der Waals surface area (Å²) in [6.07, 6.45) is 0. The standard InChI is InChI=1S/C21H26ClN3O3/c1-27-17-7-8-19(20(13-17)28-2)23-21(26)15-25-11-9-24(10-12-25)14-16-5-3-4-6-18(16)22/h3-8,13H,9-12,14-15H2,1-2H3,(H,23,26). The van der Waals surface area contributed by atoms with Crippen molar-refractivity contribution in [3.8, 4) is 11.5 Å². The van der Waals surface area contributed by atoms with E-state index in [-0.39, 0.29) is 5.91 Å². The number of hydrogen-bond acceptors (Lipinski definition) is 5. The number of nitrogens with one attached hydrogen (secondary N) is 1. The summed E-state index contributed by atoms with van der Waals surface area (Å²) in [6, 6.07) is 13.3. The van der Waals surface area contributed by atoms with Gasteiger partial charge in [0.25, 0.3) is 0 Å². The average molecular weight is 404 g/mol. The Hall–Kier alpha value is -2.28. The molecule has 0 aromatic heterocycles. The van der Waals surface area contributed by atoms with Gasteiger partial charge in [0.15, 0.2) is 0 Å². The summed E-state index contributed by atoms with van der Waals surface area (Å²) in [4.78, 5) is 17.0. The quantitative estimate of drug-likeness (QED) is 0.769. The van der Waals surface area contributed by atoms with Crippen LogP contribution in [-0.4, -0.2) is 62.7 Å². The third kappa shape index (κ3) is 5.38. The molecule has 7 heteroatoms. The van der Waals surface area contributed by atoms with Crippen LogP contribution in [-0.2, 0) is 11.3 Å². The summed E-state index contributed by atoms with van der Waals surface area (Å²) in [5.41, 5.74) is 1.78. The largest absolute Gasteiger partial charge is 0.497 e. The van der Waals surface area contributed by atoms with E-state index in [1.54, 1.807) is 32.4 Å². The van der Waals surface area contributed by atoms with Crippen LogP contribution in [0.2, 0.25) is 5.02 Å². The van der Waals surface area contributed by atoms with Crippen molar-refractivity contribution in [2.45, 2.75) is 6.54 Å². The van der Waals surface area contributed by atoms with E-state index in [9.17, 15) is 4.79 Å². The Kier molecular flexibility index (Phi) is 7.14. The molecule has 150 valence electrons. The molecule has 1 fully saturated rings. The number of halogens is 1. The average Bonchev–Trinajstić information content (AvgIpc) is 2.71. The second-order valence-corrected chi connectivity index (χ2v) is 7.17. The first-order valence-corrected chi connectivity index (χ1v) is 9.67. The molecule has 0 spiro atoms. The van der Waals surface area contributed by atoms with Gasteiger partial charge in [-0.15, -0.1) is 0 Å². The highest BCUT2D eigenvalue weighted by molar-refractivity contribution is 6.31. The van der Waals surface area contributed by atoms with Crippen LogP contribution in [0.4, 0.5) is 5.69 Å². The molecule has 1 aliphatic heterocycles. The monoisotopic (exact) mass is 403 g/mol.